The Morgan fingerprint density at radius 1 is 1.33 bits per heavy atom. The van der Waals surface area contributed by atoms with Crippen LogP contribution in [0.4, 0.5) is 5.69 Å². The fourth-order valence-electron chi connectivity index (χ4n) is 1.50. The molecule has 0 aliphatic carbocycles. The zero-order valence-electron chi connectivity index (χ0n) is 11.4. The van der Waals surface area contributed by atoms with E-state index in [2.05, 4.69) is 0 Å². The van der Waals surface area contributed by atoms with E-state index in [-0.39, 0.29) is 12.6 Å². The molecule has 18 heavy (non-hydrogen) atoms. The molecule has 2 N–H and O–H groups in total. The van der Waals surface area contributed by atoms with E-state index in [0.717, 1.165) is 12.0 Å². The summed E-state index contributed by atoms with van der Waals surface area (Å²) in [5.41, 5.74) is 7.10. The van der Waals surface area contributed by atoms with E-state index < -0.39 is 5.60 Å². The molecule has 0 heterocycles. The van der Waals surface area contributed by atoms with Crippen molar-refractivity contribution in [3.05, 3.63) is 23.8 Å². The molecule has 0 atom stereocenters. The van der Waals surface area contributed by atoms with Gasteiger partial charge in [-0.3, -0.25) is 0 Å². The number of carbonyl (C=O) groups excluding carboxylic acids is 1. The molecule has 4 heteroatoms. The second kappa shape index (κ2) is 5.76. The molecule has 0 saturated carbocycles. The maximum absolute atomic E-state index is 11.5. The summed E-state index contributed by atoms with van der Waals surface area (Å²) >= 11 is 0. The molecule has 0 radical (unpaired) electrons. The summed E-state index contributed by atoms with van der Waals surface area (Å²) in [6.07, 6.45) is 0.873. The Morgan fingerprint density at radius 3 is 2.50 bits per heavy atom. The molecule has 0 aromatic heterocycles. The zero-order valence-corrected chi connectivity index (χ0v) is 11.4. The summed E-state index contributed by atoms with van der Waals surface area (Å²) < 4.78 is 10.5. The van der Waals surface area contributed by atoms with Crippen LogP contribution in [0.2, 0.25) is 0 Å². The third kappa shape index (κ3) is 4.65. The summed E-state index contributed by atoms with van der Waals surface area (Å²) in [7, 11) is 0. The van der Waals surface area contributed by atoms with Gasteiger partial charge in [-0.25, -0.2) is 4.79 Å². The van der Waals surface area contributed by atoms with Gasteiger partial charge in [-0.15, -0.1) is 0 Å². The molecule has 0 aliphatic heterocycles. The number of benzene rings is 1. The first-order chi connectivity index (χ1) is 8.31. The number of nitrogens with two attached hydrogens (primary N) is 1. The lowest BCUT2D eigenvalue weighted by atomic mass is 10.1. The van der Waals surface area contributed by atoms with Crippen molar-refractivity contribution in [3.63, 3.8) is 0 Å². The molecule has 1 rings (SSSR count). The van der Waals surface area contributed by atoms with Gasteiger partial charge in [-0.2, -0.15) is 0 Å². The first-order valence-electron chi connectivity index (χ1n) is 6.05. The van der Waals surface area contributed by atoms with Crippen LogP contribution >= 0.6 is 0 Å². The van der Waals surface area contributed by atoms with E-state index in [0.29, 0.717) is 11.4 Å². The summed E-state index contributed by atoms with van der Waals surface area (Å²) in [5, 5.41) is 0. The average molecular weight is 251 g/mol. The van der Waals surface area contributed by atoms with Crippen molar-refractivity contribution >= 4 is 11.7 Å². The standard InChI is InChI=1S/C14H21NO3/c1-5-10-6-7-11(8-12(10)15)17-9-13(16)18-14(2,3)4/h6-8H,5,9,15H2,1-4H3. The SMILES string of the molecule is CCc1ccc(OCC(=O)OC(C)(C)C)cc1N. The minimum atomic E-state index is -0.495. The Bertz CT molecular complexity index is 422. The predicted molar refractivity (Wildman–Crippen MR) is 71.6 cm³/mol. The number of hydrogen-bond donors (Lipinski definition) is 1. The molecule has 0 spiro atoms. The van der Waals surface area contributed by atoms with Gasteiger partial charge in [0.25, 0.3) is 0 Å². The number of hydrogen-bond acceptors (Lipinski definition) is 4. The normalized spacial score (nSPS) is 11.1. The molecule has 100 valence electrons. The molecular formula is C14H21NO3. The van der Waals surface area contributed by atoms with E-state index in [1.165, 1.54) is 0 Å². The molecule has 0 amide bonds. The maximum Gasteiger partial charge on any atom is 0.344 e. The Morgan fingerprint density at radius 2 is 2.00 bits per heavy atom. The number of ether oxygens (including phenoxy) is 2. The number of carbonyl (C=O) groups is 1. The van der Waals surface area contributed by atoms with Gasteiger partial charge in [0.2, 0.25) is 0 Å². The van der Waals surface area contributed by atoms with Crippen LogP contribution < -0.4 is 10.5 Å². The molecule has 0 saturated heterocycles. The van der Waals surface area contributed by atoms with Gasteiger partial charge in [-0.05, 0) is 38.8 Å². The van der Waals surface area contributed by atoms with Crippen LogP contribution in [0, 0.1) is 0 Å². The van der Waals surface area contributed by atoms with E-state index in [4.69, 9.17) is 15.2 Å². The van der Waals surface area contributed by atoms with Crippen LogP contribution in [0.25, 0.3) is 0 Å². The van der Waals surface area contributed by atoms with Crippen molar-refractivity contribution in [1.82, 2.24) is 0 Å². The van der Waals surface area contributed by atoms with E-state index in [1.54, 1.807) is 12.1 Å². The quantitative estimate of drug-likeness (QED) is 0.660. The highest BCUT2D eigenvalue weighted by molar-refractivity contribution is 5.71. The van der Waals surface area contributed by atoms with Crippen LogP contribution in [0.15, 0.2) is 18.2 Å². The Hall–Kier alpha value is -1.71. The molecule has 1 aromatic carbocycles. The van der Waals surface area contributed by atoms with Gasteiger partial charge in [0.15, 0.2) is 6.61 Å². The Labute approximate surface area is 108 Å². The minimum Gasteiger partial charge on any atom is -0.482 e. The second-order valence-electron chi connectivity index (χ2n) is 5.09. The minimum absolute atomic E-state index is 0.109. The number of nitrogen functional groups attached to an aromatic ring is 1. The molecule has 0 aliphatic rings. The largest absolute Gasteiger partial charge is 0.482 e. The van der Waals surface area contributed by atoms with Gasteiger partial charge in [0.05, 0.1) is 0 Å². The lowest BCUT2D eigenvalue weighted by Gasteiger charge is -2.19. The molecule has 0 unspecified atom stereocenters. The Kier molecular flexibility index (Phi) is 4.59. The summed E-state index contributed by atoms with van der Waals surface area (Å²) in [4.78, 5) is 11.5. The zero-order chi connectivity index (χ0) is 13.8. The van der Waals surface area contributed by atoms with E-state index in [9.17, 15) is 4.79 Å². The van der Waals surface area contributed by atoms with E-state index in [1.807, 2.05) is 33.8 Å². The monoisotopic (exact) mass is 251 g/mol. The van der Waals surface area contributed by atoms with Crippen molar-refractivity contribution in [2.24, 2.45) is 0 Å². The highest BCUT2D eigenvalue weighted by Gasteiger charge is 2.16. The van der Waals surface area contributed by atoms with Crippen molar-refractivity contribution in [2.75, 3.05) is 12.3 Å². The maximum atomic E-state index is 11.5. The number of esters is 1. The third-order valence-corrected chi connectivity index (χ3v) is 2.27. The lowest BCUT2D eigenvalue weighted by Crippen LogP contribution is -2.27. The lowest BCUT2D eigenvalue weighted by molar-refractivity contribution is -0.157. The molecule has 4 nitrogen and oxygen atoms in total. The van der Waals surface area contributed by atoms with Crippen molar-refractivity contribution in [3.8, 4) is 5.75 Å². The third-order valence-electron chi connectivity index (χ3n) is 2.27. The van der Waals surface area contributed by atoms with Gasteiger partial charge in [0.1, 0.15) is 11.4 Å². The van der Waals surface area contributed by atoms with Crippen LogP contribution in [-0.4, -0.2) is 18.2 Å². The topological polar surface area (TPSA) is 61.5 Å². The molecule has 0 bridgehead atoms. The van der Waals surface area contributed by atoms with Crippen LogP contribution in [-0.2, 0) is 16.0 Å². The van der Waals surface area contributed by atoms with Gasteiger partial charge in [-0.1, -0.05) is 13.0 Å². The fourth-order valence-corrected chi connectivity index (χ4v) is 1.50. The number of anilines is 1. The molecule has 0 fully saturated rings. The fraction of sp³-hybridized carbons (Fsp3) is 0.500. The van der Waals surface area contributed by atoms with E-state index >= 15 is 0 Å². The molecule has 1 aromatic rings. The first-order valence-corrected chi connectivity index (χ1v) is 6.05. The highest BCUT2D eigenvalue weighted by atomic mass is 16.6. The second-order valence-corrected chi connectivity index (χ2v) is 5.09. The van der Waals surface area contributed by atoms with Gasteiger partial charge in [0, 0.05) is 11.8 Å². The van der Waals surface area contributed by atoms with Crippen molar-refractivity contribution < 1.29 is 14.3 Å². The van der Waals surface area contributed by atoms with Crippen LogP contribution in [0.5, 0.6) is 5.75 Å². The number of aryl methyl sites for hydroxylation is 1. The number of rotatable bonds is 4. The average Bonchev–Trinajstić information content (AvgIpc) is 2.24. The summed E-state index contributed by atoms with van der Waals surface area (Å²) in [6, 6.07) is 5.43. The molecular weight excluding hydrogens is 230 g/mol. The van der Waals surface area contributed by atoms with Gasteiger partial charge >= 0.3 is 5.97 Å². The summed E-state index contributed by atoms with van der Waals surface area (Å²) in [5.74, 6) is 0.191. The Balaban J connectivity index is 2.54. The van der Waals surface area contributed by atoms with Gasteiger partial charge < -0.3 is 15.2 Å². The van der Waals surface area contributed by atoms with Crippen molar-refractivity contribution in [1.29, 1.82) is 0 Å². The smallest absolute Gasteiger partial charge is 0.344 e. The van der Waals surface area contributed by atoms with Crippen molar-refractivity contribution in [2.45, 2.75) is 39.7 Å². The first kappa shape index (κ1) is 14.4. The van der Waals surface area contributed by atoms with Crippen LogP contribution in [0.3, 0.4) is 0 Å². The highest BCUT2D eigenvalue weighted by Crippen LogP contribution is 2.20. The van der Waals surface area contributed by atoms with Crippen LogP contribution in [0.1, 0.15) is 33.3 Å². The predicted octanol–water partition coefficient (Wildman–Crippen LogP) is 2.55. The summed E-state index contributed by atoms with van der Waals surface area (Å²) in [6.45, 7) is 7.38.